The first-order valence-electron chi connectivity index (χ1n) is 3.45. The minimum Gasteiger partial charge on any atom is -0.305 e. The molecule has 0 saturated heterocycles. The number of rotatable bonds is 5. The molecule has 0 bridgehead atoms. The second kappa shape index (κ2) is 6.47. The van der Waals surface area contributed by atoms with Gasteiger partial charge in [0.15, 0.2) is 26.7 Å². The first-order valence-corrected chi connectivity index (χ1v) is 5.79. The fourth-order valence-electron chi connectivity index (χ4n) is 0.579. The van der Waals surface area contributed by atoms with Crippen LogP contribution in [0.1, 0.15) is 19.8 Å². The van der Waals surface area contributed by atoms with Gasteiger partial charge < -0.3 is 9.11 Å². The van der Waals surface area contributed by atoms with E-state index in [9.17, 15) is 8.42 Å². The van der Waals surface area contributed by atoms with Crippen LogP contribution in [-0.2, 0) is 22.2 Å². The lowest BCUT2D eigenvalue weighted by atomic mass is 10.3. The zero-order chi connectivity index (χ0) is 9.56. The van der Waals surface area contributed by atoms with E-state index in [2.05, 4.69) is 0 Å². The molecule has 0 amide bonds. The molecule has 12 heavy (non-hydrogen) atoms. The lowest BCUT2D eigenvalue weighted by Gasteiger charge is -2.01. The molecule has 0 radical (unpaired) electrons. The highest BCUT2D eigenvalue weighted by Gasteiger charge is 2.17. The van der Waals surface area contributed by atoms with Crippen molar-refractivity contribution in [1.82, 2.24) is 0 Å². The van der Waals surface area contributed by atoms with Crippen molar-refractivity contribution in [3.8, 4) is 0 Å². The maximum Gasteiger partial charge on any atom is 0.179 e. The summed E-state index contributed by atoms with van der Waals surface area (Å²) in [6.45, 7) is 1.95. The quantitative estimate of drug-likeness (QED) is 0.529. The second-order valence-corrected chi connectivity index (χ2v) is 4.56. The van der Waals surface area contributed by atoms with Crippen LogP contribution in [0.4, 0.5) is 0 Å². The molecule has 0 spiro atoms. The predicted octanol–water partition coefficient (Wildman–Crippen LogP) is 1.11. The van der Waals surface area contributed by atoms with Gasteiger partial charge in [0.25, 0.3) is 0 Å². The van der Waals surface area contributed by atoms with Crippen molar-refractivity contribution in [3.63, 3.8) is 0 Å². The van der Waals surface area contributed by atoms with Gasteiger partial charge in [-0.1, -0.05) is 25.5 Å². The molecule has 0 aliphatic rings. The summed E-state index contributed by atoms with van der Waals surface area (Å²) in [6.07, 6.45) is 4.58. The molecule has 0 saturated carbocycles. The minimum absolute atomic E-state index is 0.741. The third kappa shape index (κ3) is 4.76. The smallest absolute Gasteiger partial charge is 0.179 e. The molecule has 72 valence electrons. The lowest BCUT2D eigenvalue weighted by molar-refractivity contribution is 0.547. The summed E-state index contributed by atoms with van der Waals surface area (Å²) in [5, 5.41) is 0. The van der Waals surface area contributed by atoms with Crippen molar-refractivity contribution in [2.45, 2.75) is 24.3 Å². The van der Waals surface area contributed by atoms with Crippen LogP contribution in [-0.4, -0.2) is 22.1 Å². The first kappa shape index (κ1) is 12.0. The van der Waals surface area contributed by atoms with Gasteiger partial charge in [-0.2, -0.15) is 0 Å². The highest BCUT2D eigenvalue weighted by molar-refractivity contribution is 7.98. The molecule has 0 aromatic carbocycles. The molecule has 0 aromatic heterocycles. The largest absolute Gasteiger partial charge is 0.305 e. The monoisotopic (exact) mass is 212 g/mol. The Bertz CT molecular complexity index is 188. The molecule has 6 heteroatoms. The van der Waals surface area contributed by atoms with E-state index in [0.29, 0.717) is 0 Å². The SMILES string of the molecule is CCCC=CC(S(=O)O)S(=O)O. The molecule has 0 aromatic rings. The number of allylic oxidation sites excluding steroid dienone is 1. The second-order valence-electron chi connectivity index (χ2n) is 2.14. The predicted molar refractivity (Wildman–Crippen MR) is 49.4 cm³/mol. The maximum absolute atomic E-state index is 10.4. The van der Waals surface area contributed by atoms with Crippen LogP contribution < -0.4 is 0 Å². The zero-order valence-corrected chi connectivity index (χ0v) is 8.31. The normalized spacial score (nSPS) is 19.2. The van der Waals surface area contributed by atoms with Gasteiger partial charge in [-0.15, -0.1) is 0 Å². The van der Waals surface area contributed by atoms with Crippen LogP contribution in [0.3, 0.4) is 0 Å². The summed E-state index contributed by atoms with van der Waals surface area (Å²) in [5.74, 6) is 0. The van der Waals surface area contributed by atoms with E-state index in [4.69, 9.17) is 9.11 Å². The summed E-state index contributed by atoms with van der Waals surface area (Å²) in [4.78, 5) is 0. The minimum atomic E-state index is -2.27. The number of unbranched alkanes of at least 4 members (excludes halogenated alkanes) is 1. The molecule has 2 N–H and O–H groups in total. The van der Waals surface area contributed by atoms with Gasteiger partial charge in [-0.05, 0) is 6.42 Å². The Kier molecular flexibility index (Phi) is 6.45. The number of hydrogen-bond acceptors (Lipinski definition) is 2. The summed E-state index contributed by atoms with van der Waals surface area (Å²) >= 11 is -4.55. The average Bonchev–Trinajstić information content (AvgIpc) is 1.96. The molecule has 0 aliphatic heterocycles. The van der Waals surface area contributed by atoms with Gasteiger partial charge in [0, 0.05) is 0 Å². The fourth-order valence-corrected chi connectivity index (χ4v) is 1.63. The van der Waals surface area contributed by atoms with Gasteiger partial charge in [0.1, 0.15) is 0 Å². The van der Waals surface area contributed by atoms with E-state index in [1.54, 1.807) is 6.08 Å². The lowest BCUT2D eigenvalue weighted by Crippen LogP contribution is -2.17. The van der Waals surface area contributed by atoms with E-state index in [0.717, 1.165) is 12.8 Å². The van der Waals surface area contributed by atoms with E-state index in [1.165, 1.54) is 6.08 Å². The van der Waals surface area contributed by atoms with Gasteiger partial charge in [0.2, 0.25) is 0 Å². The molecule has 0 heterocycles. The van der Waals surface area contributed by atoms with Crippen LogP contribution in [0, 0.1) is 0 Å². The molecule has 0 fully saturated rings. The molecule has 2 unspecified atom stereocenters. The molecule has 0 aliphatic carbocycles. The highest BCUT2D eigenvalue weighted by atomic mass is 32.3. The summed E-state index contributed by atoms with van der Waals surface area (Å²) in [6, 6.07) is 0. The zero-order valence-electron chi connectivity index (χ0n) is 6.67. The summed E-state index contributed by atoms with van der Waals surface area (Å²) < 4.78 is 36.8. The van der Waals surface area contributed by atoms with Gasteiger partial charge >= 0.3 is 0 Å². The van der Waals surface area contributed by atoms with Crippen LogP contribution in [0.25, 0.3) is 0 Å². The Hall–Kier alpha value is -0.0400. The standard InChI is InChI=1S/C6H12O4S2/c1-2-3-4-5-6(11(7)8)12(9)10/h4-6H,2-3H2,1H3,(H,7,8)(H,9,10). The van der Waals surface area contributed by atoms with Crippen LogP contribution in [0.2, 0.25) is 0 Å². The van der Waals surface area contributed by atoms with Crippen LogP contribution in [0.5, 0.6) is 0 Å². The Morgan fingerprint density at radius 1 is 1.33 bits per heavy atom. The van der Waals surface area contributed by atoms with Crippen molar-refractivity contribution in [1.29, 1.82) is 0 Å². The van der Waals surface area contributed by atoms with Crippen LogP contribution >= 0.6 is 0 Å². The molecular weight excluding hydrogens is 200 g/mol. The van der Waals surface area contributed by atoms with E-state index >= 15 is 0 Å². The van der Waals surface area contributed by atoms with Crippen molar-refractivity contribution in [2.24, 2.45) is 0 Å². The van der Waals surface area contributed by atoms with Gasteiger partial charge in [0.05, 0.1) is 0 Å². The van der Waals surface area contributed by atoms with Gasteiger partial charge in [-0.3, -0.25) is 0 Å². The number of hydrogen-bond donors (Lipinski definition) is 2. The summed E-state index contributed by atoms with van der Waals surface area (Å²) in [5.41, 5.74) is 0. The van der Waals surface area contributed by atoms with Gasteiger partial charge in [-0.25, -0.2) is 8.42 Å². The third-order valence-electron chi connectivity index (χ3n) is 1.15. The van der Waals surface area contributed by atoms with Crippen molar-refractivity contribution in [3.05, 3.63) is 12.2 Å². The Balaban J connectivity index is 4.14. The molecule has 0 rings (SSSR count). The highest BCUT2D eigenvalue weighted by Crippen LogP contribution is 2.02. The van der Waals surface area contributed by atoms with Crippen molar-refractivity contribution >= 4 is 22.2 Å². The third-order valence-corrected chi connectivity index (χ3v) is 3.24. The van der Waals surface area contributed by atoms with E-state index in [1.807, 2.05) is 6.92 Å². The van der Waals surface area contributed by atoms with E-state index in [-0.39, 0.29) is 0 Å². The first-order chi connectivity index (χ1) is 5.59. The topological polar surface area (TPSA) is 74.6 Å². The van der Waals surface area contributed by atoms with Crippen LogP contribution in [0.15, 0.2) is 12.2 Å². The Labute approximate surface area is 76.6 Å². The van der Waals surface area contributed by atoms with Crippen molar-refractivity contribution in [2.75, 3.05) is 0 Å². The molecular formula is C6H12O4S2. The maximum atomic E-state index is 10.4. The van der Waals surface area contributed by atoms with Crippen molar-refractivity contribution < 1.29 is 17.5 Å². The average molecular weight is 212 g/mol. The fraction of sp³-hybridized carbons (Fsp3) is 0.667. The Morgan fingerprint density at radius 2 is 1.83 bits per heavy atom. The molecule has 2 atom stereocenters. The Morgan fingerprint density at radius 3 is 2.17 bits per heavy atom. The molecule has 4 nitrogen and oxygen atoms in total. The summed E-state index contributed by atoms with van der Waals surface area (Å²) in [7, 11) is 0. The van der Waals surface area contributed by atoms with E-state index < -0.39 is 26.7 Å².